The van der Waals surface area contributed by atoms with Crippen LogP contribution in [0.15, 0.2) is 61.2 Å². The van der Waals surface area contributed by atoms with Gasteiger partial charge in [0.05, 0.1) is 4.92 Å². The zero-order chi connectivity index (χ0) is 19.6. The van der Waals surface area contributed by atoms with Crippen LogP contribution < -0.4 is 5.32 Å². The number of carbonyl (C=O) groups excluding carboxylic acids is 1. The Labute approximate surface area is 157 Å². The van der Waals surface area contributed by atoms with E-state index in [1.165, 1.54) is 18.2 Å². The molecule has 1 amide bonds. The first-order valence-corrected chi connectivity index (χ1v) is 8.61. The summed E-state index contributed by atoms with van der Waals surface area (Å²) >= 11 is 0. The first-order chi connectivity index (χ1) is 13.0. The first-order valence-electron chi connectivity index (χ1n) is 8.61. The van der Waals surface area contributed by atoms with Crippen LogP contribution in [0.3, 0.4) is 0 Å². The average molecular weight is 371 g/mol. The van der Waals surface area contributed by atoms with E-state index in [1.807, 2.05) is 0 Å². The predicted molar refractivity (Wildman–Crippen MR) is 103 cm³/mol. The van der Waals surface area contributed by atoms with Crippen molar-refractivity contribution in [1.29, 1.82) is 0 Å². The van der Waals surface area contributed by atoms with Gasteiger partial charge in [-0.3, -0.25) is 14.9 Å². The molecule has 0 unspecified atom stereocenters. The van der Waals surface area contributed by atoms with Crippen LogP contribution in [0.5, 0.6) is 0 Å². The third-order valence-corrected chi connectivity index (χ3v) is 4.00. The topological polar surface area (TPSA) is 75.5 Å². The van der Waals surface area contributed by atoms with E-state index >= 15 is 0 Å². The van der Waals surface area contributed by atoms with Crippen LogP contribution in [-0.4, -0.2) is 28.8 Å². The molecule has 0 aliphatic carbocycles. The monoisotopic (exact) mass is 371 g/mol. The Morgan fingerprint density at radius 2 is 1.93 bits per heavy atom. The summed E-state index contributed by atoms with van der Waals surface area (Å²) in [6, 6.07) is 12.5. The van der Waals surface area contributed by atoms with Gasteiger partial charge in [-0.2, -0.15) is 0 Å². The Morgan fingerprint density at radius 1 is 1.22 bits per heavy atom. The highest BCUT2D eigenvalue weighted by molar-refractivity contribution is 5.76. The van der Waals surface area contributed by atoms with E-state index in [4.69, 9.17) is 0 Å². The molecule has 0 aromatic heterocycles. The maximum Gasteiger partial charge on any atom is 0.269 e. The van der Waals surface area contributed by atoms with Crippen LogP contribution in [0.1, 0.15) is 18.4 Å². The lowest BCUT2D eigenvalue weighted by Gasteiger charge is -2.21. The Kier molecular flexibility index (Phi) is 7.49. The maximum absolute atomic E-state index is 13.8. The SMILES string of the molecule is C=CCN(Cc1ccccc1F)C(=O)CCCNc1ccc([N+](=O)[O-])cc1. The molecule has 27 heavy (non-hydrogen) atoms. The number of nitro benzene ring substituents is 1. The maximum atomic E-state index is 13.8. The summed E-state index contributed by atoms with van der Waals surface area (Å²) in [6.45, 7) is 4.75. The molecular formula is C20H22FN3O3. The number of amides is 1. The molecule has 0 bridgehead atoms. The smallest absolute Gasteiger partial charge is 0.269 e. The molecule has 2 rings (SSSR count). The summed E-state index contributed by atoms with van der Waals surface area (Å²) in [7, 11) is 0. The summed E-state index contributed by atoms with van der Waals surface area (Å²) < 4.78 is 13.8. The molecule has 0 aliphatic rings. The van der Waals surface area contributed by atoms with Crippen molar-refractivity contribution >= 4 is 17.3 Å². The van der Waals surface area contributed by atoms with Crippen molar-refractivity contribution < 1.29 is 14.1 Å². The van der Waals surface area contributed by atoms with Gasteiger partial charge in [-0.15, -0.1) is 6.58 Å². The van der Waals surface area contributed by atoms with E-state index in [9.17, 15) is 19.3 Å². The molecule has 0 heterocycles. The highest BCUT2D eigenvalue weighted by atomic mass is 19.1. The van der Waals surface area contributed by atoms with Crippen molar-refractivity contribution in [2.45, 2.75) is 19.4 Å². The lowest BCUT2D eigenvalue weighted by atomic mass is 10.2. The van der Waals surface area contributed by atoms with Gasteiger partial charge in [0, 0.05) is 49.4 Å². The number of nitrogens with zero attached hydrogens (tertiary/aromatic N) is 2. The number of hydrogen-bond acceptors (Lipinski definition) is 4. The molecule has 6 nitrogen and oxygen atoms in total. The van der Waals surface area contributed by atoms with Gasteiger partial charge in [-0.25, -0.2) is 4.39 Å². The molecule has 2 aromatic rings. The van der Waals surface area contributed by atoms with Crippen LogP contribution in [0.2, 0.25) is 0 Å². The Balaban J connectivity index is 1.82. The number of nitro groups is 1. The summed E-state index contributed by atoms with van der Waals surface area (Å²) in [5.74, 6) is -0.414. The molecule has 0 aliphatic heterocycles. The number of benzene rings is 2. The minimum Gasteiger partial charge on any atom is -0.385 e. The Morgan fingerprint density at radius 3 is 2.56 bits per heavy atom. The van der Waals surface area contributed by atoms with E-state index < -0.39 is 4.92 Å². The van der Waals surface area contributed by atoms with Crippen molar-refractivity contribution in [2.24, 2.45) is 0 Å². The third-order valence-electron chi connectivity index (χ3n) is 4.00. The van der Waals surface area contributed by atoms with Crippen LogP contribution in [0.25, 0.3) is 0 Å². The van der Waals surface area contributed by atoms with Gasteiger partial charge in [0.25, 0.3) is 5.69 Å². The molecule has 2 aromatic carbocycles. The van der Waals surface area contributed by atoms with E-state index in [0.29, 0.717) is 31.5 Å². The second-order valence-electron chi connectivity index (χ2n) is 5.99. The molecule has 0 atom stereocenters. The first kappa shape index (κ1) is 20.1. The van der Waals surface area contributed by atoms with Crippen molar-refractivity contribution in [3.05, 3.63) is 82.7 Å². The van der Waals surface area contributed by atoms with Crippen molar-refractivity contribution in [1.82, 2.24) is 4.90 Å². The standard InChI is InChI=1S/C20H22FN3O3/c1-2-14-23(15-16-6-3-4-7-19(16)21)20(25)8-5-13-22-17-9-11-18(12-10-17)24(26)27/h2-4,6-7,9-12,22H,1,5,8,13-15H2. The zero-order valence-electron chi connectivity index (χ0n) is 14.9. The number of non-ortho nitro benzene ring substituents is 1. The molecule has 0 fully saturated rings. The van der Waals surface area contributed by atoms with Gasteiger partial charge >= 0.3 is 0 Å². The number of halogens is 1. The number of nitrogens with one attached hydrogen (secondary N) is 1. The zero-order valence-corrected chi connectivity index (χ0v) is 14.9. The summed E-state index contributed by atoms with van der Waals surface area (Å²) in [4.78, 5) is 24.2. The summed E-state index contributed by atoms with van der Waals surface area (Å²) in [5, 5.41) is 13.8. The van der Waals surface area contributed by atoms with Gasteiger partial charge in [-0.05, 0) is 24.6 Å². The minimum absolute atomic E-state index is 0.0314. The van der Waals surface area contributed by atoms with E-state index in [2.05, 4.69) is 11.9 Å². The van der Waals surface area contributed by atoms with Crippen LogP contribution in [0, 0.1) is 15.9 Å². The minimum atomic E-state index is -0.452. The molecule has 0 saturated carbocycles. The molecule has 1 N–H and O–H groups in total. The van der Waals surface area contributed by atoms with E-state index in [0.717, 1.165) is 5.69 Å². The fourth-order valence-electron chi connectivity index (χ4n) is 2.57. The highest BCUT2D eigenvalue weighted by Gasteiger charge is 2.14. The third kappa shape index (κ3) is 6.22. The van der Waals surface area contributed by atoms with E-state index in [1.54, 1.807) is 41.3 Å². The summed E-state index contributed by atoms with van der Waals surface area (Å²) in [6.07, 6.45) is 2.51. The van der Waals surface area contributed by atoms with Gasteiger partial charge in [0.2, 0.25) is 5.91 Å². The van der Waals surface area contributed by atoms with Crippen LogP contribution >= 0.6 is 0 Å². The lowest BCUT2D eigenvalue weighted by molar-refractivity contribution is -0.384. The second kappa shape index (κ2) is 10.1. The van der Waals surface area contributed by atoms with Gasteiger partial charge in [0.1, 0.15) is 5.82 Å². The molecule has 0 saturated heterocycles. The molecular weight excluding hydrogens is 349 g/mol. The number of carbonyl (C=O) groups is 1. The van der Waals surface area contributed by atoms with Gasteiger partial charge < -0.3 is 10.2 Å². The van der Waals surface area contributed by atoms with Crippen molar-refractivity contribution in [3.8, 4) is 0 Å². The molecule has 0 radical (unpaired) electrons. The molecule has 0 spiro atoms. The number of hydrogen-bond donors (Lipinski definition) is 1. The number of rotatable bonds is 10. The second-order valence-corrected chi connectivity index (χ2v) is 5.99. The largest absolute Gasteiger partial charge is 0.385 e. The fraction of sp³-hybridized carbons (Fsp3) is 0.250. The highest BCUT2D eigenvalue weighted by Crippen LogP contribution is 2.16. The van der Waals surface area contributed by atoms with E-state index in [-0.39, 0.29) is 24.0 Å². The predicted octanol–water partition coefficient (Wildman–Crippen LogP) is 4.14. The molecule has 7 heteroatoms. The quantitative estimate of drug-likeness (QED) is 0.295. The summed E-state index contributed by atoms with van der Waals surface area (Å²) in [5.41, 5.74) is 1.25. The Hall–Kier alpha value is -3.22. The van der Waals surface area contributed by atoms with Crippen LogP contribution in [-0.2, 0) is 11.3 Å². The van der Waals surface area contributed by atoms with Gasteiger partial charge in [0.15, 0.2) is 0 Å². The normalized spacial score (nSPS) is 10.3. The lowest BCUT2D eigenvalue weighted by Crippen LogP contribution is -2.31. The van der Waals surface area contributed by atoms with Crippen molar-refractivity contribution in [2.75, 3.05) is 18.4 Å². The Bertz CT molecular complexity index is 793. The van der Waals surface area contributed by atoms with Gasteiger partial charge in [-0.1, -0.05) is 24.3 Å². The van der Waals surface area contributed by atoms with Crippen LogP contribution in [0.4, 0.5) is 15.8 Å². The average Bonchev–Trinajstić information content (AvgIpc) is 2.66. The molecule has 142 valence electrons. The fourth-order valence-corrected chi connectivity index (χ4v) is 2.57. The van der Waals surface area contributed by atoms with Crippen molar-refractivity contribution in [3.63, 3.8) is 0 Å². The number of anilines is 1.